The zero-order valence-electron chi connectivity index (χ0n) is 14.1. The molecular formula is C19H17F3O4S. The van der Waals surface area contributed by atoms with Crippen molar-refractivity contribution in [2.75, 3.05) is 0 Å². The Kier molecular flexibility index (Phi) is 7.72. The summed E-state index contributed by atoms with van der Waals surface area (Å²) in [5.41, 5.74) is -3.36. The minimum atomic E-state index is -4.68. The number of halogens is 3. The highest BCUT2D eigenvalue weighted by atomic mass is 32.2. The maximum absolute atomic E-state index is 12.7. The summed E-state index contributed by atoms with van der Waals surface area (Å²) >= 11 is -0.580. The van der Waals surface area contributed by atoms with Gasteiger partial charge in [0.15, 0.2) is 0 Å². The Morgan fingerprint density at radius 2 is 1.33 bits per heavy atom. The summed E-state index contributed by atoms with van der Waals surface area (Å²) in [6, 6.07) is 17.2. The molecule has 1 unspecified atom stereocenters. The standard InChI is InChI=1S/C19H17F3O4S/c20-19(21,22)27-16(18(24)26-13-15-9-5-2-6-10-15)11-17(23)25-12-14-7-3-1-4-8-14/h1-10,16H,11-13H2. The van der Waals surface area contributed by atoms with Gasteiger partial charge in [-0.15, -0.1) is 0 Å². The van der Waals surface area contributed by atoms with Crippen molar-refractivity contribution >= 4 is 23.7 Å². The third-order valence-electron chi connectivity index (χ3n) is 3.36. The smallest absolute Gasteiger partial charge is 0.442 e. The summed E-state index contributed by atoms with van der Waals surface area (Å²) in [5, 5.41) is -1.73. The fraction of sp³-hybridized carbons (Fsp3) is 0.263. The number of alkyl halides is 3. The third-order valence-corrected chi connectivity index (χ3v) is 4.27. The molecule has 8 heteroatoms. The third kappa shape index (κ3) is 8.17. The zero-order valence-corrected chi connectivity index (χ0v) is 15.0. The summed E-state index contributed by atoms with van der Waals surface area (Å²) in [6.45, 7) is -0.254. The molecule has 0 aromatic heterocycles. The van der Waals surface area contributed by atoms with Crippen LogP contribution in [0.15, 0.2) is 60.7 Å². The number of ether oxygens (including phenoxy) is 2. The molecule has 0 aliphatic carbocycles. The molecule has 0 spiro atoms. The van der Waals surface area contributed by atoms with Gasteiger partial charge in [-0.05, 0) is 22.9 Å². The molecule has 2 aromatic carbocycles. The first-order valence-electron chi connectivity index (χ1n) is 7.98. The number of hydrogen-bond donors (Lipinski definition) is 0. The van der Waals surface area contributed by atoms with Crippen molar-refractivity contribution < 1.29 is 32.2 Å². The van der Waals surface area contributed by atoms with Crippen molar-refractivity contribution in [1.82, 2.24) is 0 Å². The molecule has 2 rings (SSSR count). The normalized spacial score (nSPS) is 12.3. The number of thioether (sulfide) groups is 1. The summed E-state index contributed by atoms with van der Waals surface area (Å²) in [5.74, 6) is -2.02. The highest BCUT2D eigenvalue weighted by molar-refractivity contribution is 8.01. The molecule has 0 amide bonds. The van der Waals surface area contributed by atoms with Gasteiger partial charge >= 0.3 is 17.4 Å². The predicted molar refractivity (Wildman–Crippen MR) is 94.5 cm³/mol. The fourth-order valence-electron chi connectivity index (χ4n) is 2.10. The molecule has 0 N–H and O–H groups in total. The van der Waals surface area contributed by atoms with Crippen LogP contribution in [-0.2, 0) is 32.3 Å². The number of rotatable bonds is 8. The lowest BCUT2D eigenvalue weighted by Crippen LogP contribution is -2.27. The van der Waals surface area contributed by atoms with Gasteiger partial charge in [-0.3, -0.25) is 9.59 Å². The first-order valence-corrected chi connectivity index (χ1v) is 8.86. The Labute approximate surface area is 158 Å². The number of hydrogen-bond acceptors (Lipinski definition) is 5. The number of benzene rings is 2. The van der Waals surface area contributed by atoms with Crippen LogP contribution in [0.1, 0.15) is 17.5 Å². The average Bonchev–Trinajstić information content (AvgIpc) is 2.64. The van der Waals surface area contributed by atoms with Crippen LogP contribution in [0.3, 0.4) is 0 Å². The SMILES string of the molecule is O=C(CC(SC(F)(F)F)C(=O)OCc1ccccc1)OCc1ccccc1. The predicted octanol–water partition coefficient (Wildman–Crippen LogP) is 4.48. The molecule has 0 fully saturated rings. The van der Waals surface area contributed by atoms with E-state index in [-0.39, 0.29) is 13.2 Å². The van der Waals surface area contributed by atoms with Gasteiger partial charge in [0, 0.05) is 0 Å². The zero-order chi connectivity index (χ0) is 19.7. The first-order chi connectivity index (χ1) is 12.8. The Balaban J connectivity index is 1.91. The van der Waals surface area contributed by atoms with Gasteiger partial charge in [0.05, 0.1) is 6.42 Å². The molecule has 0 heterocycles. The summed E-state index contributed by atoms with van der Waals surface area (Å²) < 4.78 is 48.1. The van der Waals surface area contributed by atoms with Crippen molar-refractivity contribution in [2.24, 2.45) is 0 Å². The highest BCUT2D eigenvalue weighted by Crippen LogP contribution is 2.36. The average molecular weight is 398 g/mol. The lowest BCUT2D eigenvalue weighted by Gasteiger charge is -2.16. The van der Waals surface area contributed by atoms with Crippen LogP contribution in [-0.4, -0.2) is 22.7 Å². The van der Waals surface area contributed by atoms with E-state index in [4.69, 9.17) is 9.47 Å². The molecule has 0 saturated carbocycles. The lowest BCUT2D eigenvalue weighted by atomic mass is 10.2. The second-order valence-electron chi connectivity index (χ2n) is 5.50. The molecule has 2 aromatic rings. The molecule has 4 nitrogen and oxygen atoms in total. The van der Waals surface area contributed by atoms with Crippen molar-refractivity contribution in [3.8, 4) is 0 Å². The number of carbonyl (C=O) groups is 2. The van der Waals surface area contributed by atoms with E-state index in [0.717, 1.165) is 0 Å². The van der Waals surface area contributed by atoms with E-state index >= 15 is 0 Å². The van der Waals surface area contributed by atoms with E-state index in [1.807, 2.05) is 0 Å². The van der Waals surface area contributed by atoms with Gasteiger partial charge in [0.1, 0.15) is 18.5 Å². The summed E-state index contributed by atoms with van der Waals surface area (Å²) in [4.78, 5) is 23.9. The van der Waals surface area contributed by atoms with E-state index in [1.54, 1.807) is 60.7 Å². The van der Waals surface area contributed by atoms with Crippen molar-refractivity contribution in [2.45, 2.75) is 30.4 Å². The summed E-state index contributed by atoms with van der Waals surface area (Å²) in [7, 11) is 0. The monoisotopic (exact) mass is 398 g/mol. The maximum Gasteiger partial charge on any atom is 0.442 e. The summed E-state index contributed by atoms with van der Waals surface area (Å²) in [6.07, 6.45) is -0.732. The Morgan fingerprint density at radius 1 is 0.852 bits per heavy atom. The molecular weight excluding hydrogens is 381 g/mol. The van der Waals surface area contributed by atoms with Gasteiger partial charge in [-0.25, -0.2) is 0 Å². The highest BCUT2D eigenvalue weighted by Gasteiger charge is 2.38. The van der Waals surface area contributed by atoms with Gasteiger partial charge in [0.2, 0.25) is 0 Å². The quantitative estimate of drug-likeness (QED) is 0.614. The van der Waals surface area contributed by atoms with Crippen molar-refractivity contribution in [3.63, 3.8) is 0 Å². The molecule has 0 saturated heterocycles. The molecule has 0 bridgehead atoms. The van der Waals surface area contributed by atoms with Gasteiger partial charge in [-0.1, -0.05) is 60.7 Å². The second kappa shape index (κ2) is 10.0. The van der Waals surface area contributed by atoms with Crippen LogP contribution in [0.2, 0.25) is 0 Å². The second-order valence-corrected chi connectivity index (χ2v) is 6.76. The van der Waals surface area contributed by atoms with E-state index < -0.39 is 40.9 Å². The van der Waals surface area contributed by atoms with E-state index in [9.17, 15) is 22.8 Å². The minimum Gasteiger partial charge on any atom is -0.461 e. The van der Waals surface area contributed by atoms with Gasteiger partial charge < -0.3 is 9.47 Å². The van der Waals surface area contributed by atoms with E-state index in [1.165, 1.54) is 0 Å². The van der Waals surface area contributed by atoms with Gasteiger partial charge in [0.25, 0.3) is 0 Å². The molecule has 0 radical (unpaired) electrons. The van der Waals surface area contributed by atoms with Crippen LogP contribution in [0.25, 0.3) is 0 Å². The van der Waals surface area contributed by atoms with Crippen LogP contribution < -0.4 is 0 Å². The molecule has 0 aliphatic rings. The minimum absolute atomic E-state index is 0.0812. The van der Waals surface area contributed by atoms with Crippen LogP contribution in [0.5, 0.6) is 0 Å². The Bertz CT molecular complexity index is 736. The molecule has 0 aliphatic heterocycles. The lowest BCUT2D eigenvalue weighted by molar-refractivity contribution is -0.151. The van der Waals surface area contributed by atoms with Crippen molar-refractivity contribution in [3.05, 3.63) is 71.8 Å². The fourth-order valence-corrected chi connectivity index (χ4v) is 2.81. The first kappa shape index (κ1) is 20.8. The van der Waals surface area contributed by atoms with Crippen LogP contribution in [0.4, 0.5) is 13.2 Å². The molecule has 144 valence electrons. The van der Waals surface area contributed by atoms with Crippen LogP contribution in [0, 0.1) is 0 Å². The van der Waals surface area contributed by atoms with Crippen molar-refractivity contribution in [1.29, 1.82) is 0 Å². The topological polar surface area (TPSA) is 52.6 Å². The maximum atomic E-state index is 12.7. The Hall–Kier alpha value is -2.48. The van der Waals surface area contributed by atoms with E-state index in [0.29, 0.717) is 11.1 Å². The van der Waals surface area contributed by atoms with Crippen LogP contribution >= 0.6 is 11.8 Å². The Morgan fingerprint density at radius 3 is 1.81 bits per heavy atom. The molecule has 1 atom stereocenters. The number of carbonyl (C=O) groups excluding carboxylic acids is 2. The number of esters is 2. The largest absolute Gasteiger partial charge is 0.461 e. The van der Waals surface area contributed by atoms with Gasteiger partial charge in [-0.2, -0.15) is 13.2 Å². The van der Waals surface area contributed by atoms with E-state index in [2.05, 4.69) is 0 Å². The molecule has 27 heavy (non-hydrogen) atoms.